The van der Waals surface area contributed by atoms with Crippen molar-refractivity contribution in [1.82, 2.24) is 10.3 Å². The zero-order chi connectivity index (χ0) is 14.5. The molecule has 1 N–H and O–H groups in total. The molecule has 0 aromatic carbocycles. The van der Waals surface area contributed by atoms with Crippen LogP contribution in [0.25, 0.3) is 0 Å². The summed E-state index contributed by atoms with van der Waals surface area (Å²) in [5, 5.41) is 3.75. The molecule has 0 aliphatic rings. The van der Waals surface area contributed by atoms with Crippen molar-refractivity contribution in [2.45, 2.75) is 26.3 Å². The number of nitrogens with one attached hydrogen (secondary N) is 1. The van der Waals surface area contributed by atoms with E-state index >= 15 is 0 Å². The number of thiophene rings is 1. The van der Waals surface area contributed by atoms with E-state index < -0.39 is 0 Å². The summed E-state index contributed by atoms with van der Waals surface area (Å²) < 4.78 is 0.582. The molecule has 0 fully saturated rings. The van der Waals surface area contributed by atoms with Gasteiger partial charge in [0.15, 0.2) is 5.78 Å². The number of hydrogen-bond acceptors (Lipinski definition) is 5. The third-order valence-corrected chi connectivity index (χ3v) is 4.74. The van der Waals surface area contributed by atoms with E-state index in [0.29, 0.717) is 15.8 Å². The van der Waals surface area contributed by atoms with Crippen molar-refractivity contribution in [3.05, 3.63) is 37.4 Å². The van der Waals surface area contributed by atoms with Crippen LogP contribution in [-0.2, 0) is 11.3 Å². The molecule has 2 heterocycles. The first-order chi connectivity index (χ1) is 9.54. The highest BCUT2D eigenvalue weighted by Gasteiger charge is 2.11. The smallest absolute Gasteiger partial charge is 0.220 e. The van der Waals surface area contributed by atoms with Gasteiger partial charge in [0.05, 0.1) is 20.8 Å². The van der Waals surface area contributed by atoms with Crippen LogP contribution in [0.1, 0.15) is 32.4 Å². The lowest BCUT2D eigenvalue weighted by Gasteiger charge is -2.02. The second kappa shape index (κ2) is 6.97. The molecule has 0 bridgehead atoms. The minimum Gasteiger partial charge on any atom is -0.351 e. The molecule has 0 saturated heterocycles. The average Bonchev–Trinajstić information content (AvgIpc) is 3.02. The number of amides is 1. The fourth-order valence-corrected chi connectivity index (χ4v) is 3.32. The Morgan fingerprint density at radius 1 is 1.30 bits per heavy atom. The van der Waals surface area contributed by atoms with Crippen molar-refractivity contribution < 1.29 is 9.59 Å². The Hall–Kier alpha value is -1.24. The molecular weight excluding hydrogens is 316 g/mol. The molecule has 2 aromatic heterocycles. The largest absolute Gasteiger partial charge is 0.351 e. The van der Waals surface area contributed by atoms with Gasteiger partial charge in [-0.25, -0.2) is 4.98 Å². The zero-order valence-corrected chi connectivity index (χ0v) is 13.2. The number of carbonyl (C=O) groups is 2. The number of aryl methyl sites for hydroxylation is 1. The third-order valence-electron chi connectivity index (χ3n) is 2.56. The van der Waals surface area contributed by atoms with Crippen molar-refractivity contribution >= 4 is 46.0 Å². The SMILES string of the molecule is Cc1ncc(CNC(=O)CCC(=O)c2ccc(Cl)s2)s1. The summed E-state index contributed by atoms with van der Waals surface area (Å²) in [4.78, 5) is 29.2. The highest BCUT2D eigenvalue weighted by atomic mass is 35.5. The van der Waals surface area contributed by atoms with Crippen LogP contribution in [0.5, 0.6) is 0 Å². The second-order valence-electron chi connectivity index (χ2n) is 4.15. The highest BCUT2D eigenvalue weighted by Crippen LogP contribution is 2.22. The molecule has 2 aromatic rings. The molecule has 0 aliphatic carbocycles. The number of carbonyl (C=O) groups excluding carboxylic acids is 2. The number of ketones is 1. The van der Waals surface area contributed by atoms with Crippen LogP contribution in [0.3, 0.4) is 0 Å². The van der Waals surface area contributed by atoms with E-state index in [9.17, 15) is 9.59 Å². The number of halogens is 1. The molecule has 4 nitrogen and oxygen atoms in total. The number of aromatic nitrogens is 1. The van der Waals surface area contributed by atoms with Gasteiger partial charge in [-0.3, -0.25) is 9.59 Å². The highest BCUT2D eigenvalue weighted by molar-refractivity contribution is 7.18. The first-order valence-corrected chi connectivity index (χ1v) is 8.02. The Labute approximate surface area is 129 Å². The van der Waals surface area contributed by atoms with Crippen LogP contribution in [-0.4, -0.2) is 16.7 Å². The van der Waals surface area contributed by atoms with Gasteiger partial charge in [0.1, 0.15) is 0 Å². The van der Waals surface area contributed by atoms with Gasteiger partial charge in [0.25, 0.3) is 0 Å². The molecule has 0 saturated carbocycles. The maximum atomic E-state index is 11.8. The monoisotopic (exact) mass is 328 g/mol. The van der Waals surface area contributed by atoms with Gasteiger partial charge in [-0.15, -0.1) is 22.7 Å². The topological polar surface area (TPSA) is 59.1 Å². The van der Waals surface area contributed by atoms with E-state index in [4.69, 9.17) is 11.6 Å². The van der Waals surface area contributed by atoms with Gasteiger partial charge in [-0.1, -0.05) is 11.6 Å². The average molecular weight is 329 g/mol. The van der Waals surface area contributed by atoms with E-state index in [1.54, 1.807) is 29.7 Å². The number of rotatable bonds is 6. The number of Topliss-reactive ketones (excluding diaryl/α,β-unsaturated/α-hetero) is 1. The van der Waals surface area contributed by atoms with Crippen molar-refractivity contribution in [3.8, 4) is 0 Å². The van der Waals surface area contributed by atoms with Crippen LogP contribution in [0.15, 0.2) is 18.3 Å². The molecule has 0 radical (unpaired) electrons. The Morgan fingerprint density at radius 3 is 2.70 bits per heavy atom. The fourth-order valence-electron chi connectivity index (χ4n) is 1.58. The number of hydrogen-bond donors (Lipinski definition) is 1. The quantitative estimate of drug-likeness (QED) is 0.826. The molecule has 2 rings (SSSR count). The van der Waals surface area contributed by atoms with E-state index in [2.05, 4.69) is 10.3 Å². The Balaban J connectivity index is 1.73. The molecule has 7 heteroatoms. The van der Waals surface area contributed by atoms with Crippen LogP contribution >= 0.6 is 34.3 Å². The second-order valence-corrected chi connectivity index (χ2v) is 7.18. The first-order valence-electron chi connectivity index (χ1n) is 6.01. The molecule has 0 unspecified atom stereocenters. The first kappa shape index (κ1) is 15.2. The third kappa shape index (κ3) is 4.40. The maximum Gasteiger partial charge on any atom is 0.220 e. The predicted octanol–water partition coefficient (Wildman–Crippen LogP) is 3.45. The lowest BCUT2D eigenvalue weighted by atomic mass is 10.2. The van der Waals surface area contributed by atoms with Crippen LogP contribution in [0.4, 0.5) is 0 Å². The summed E-state index contributed by atoms with van der Waals surface area (Å²) in [6, 6.07) is 3.37. The van der Waals surface area contributed by atoms with E-state index in [-0.39, 0.29) is 24.5 Å². The van der Waals surface area contributed by atoms with Gasteiger partial charge >= 0.3 is 0 Å². The lowest BCUT2D eigenvalue weighted by molar-refractivity contribution is -0.121. The summed E-state index contributed by atoms with van der Waals surface area (Å²) >= 11 is 8.56. The standard InChI is InChI=1S/C13H13ClN2O2S2/c1-8-15-6-9(19-8)7-16-13(18)5-2-10(17)11-3-4-12(14)20-11/h3-4,6H,2,5,7H2,1H3,(H,16,18). The fraction of sp³-hybridized carbons (Fsp3) is 0.308. The zero-order valence-electron chi connectivity index (χ0n) is 10.8. The minimum atomic E-state index is -0.132. The van der Waals surface area contributed by atoms with Gasteiger partial charge in [-0.05, 0) is 19.1 Å². The normalized spacial score (nSPS) is 10.5. The lowest BCUT2D eigenvalue weighted by Crippen LogP contribution is -2.22. The van der Waals surface area contributed by atoms with Gasteiger partial charge < -0.3 is 5.32 Å². The molecule has 1 amide bonds. The summed E-state index contributed by atoms with van der Waals surface area (Å²) in [5.41, 5.74) is 0. The number of nitrogens with zero attached hydrogens (tertiary/aromatic N) is 1. The maximum absolute atomic E-state index is 11.8. The van der Waals surface area contributed by atoms with Gasteiger partial charge in [0, 0.05) is 23.9 Å². The van der Waals surface area contributed by atoms with Crippen LogP contribution in [0, 0.1) is 6.92 Å². The molecule has 0 atom stereocenters. The van der Waals surface area contributed by atoms with Crippen molar-refractivity contribution in [2.24, 2.45) is 0 Å². The summed E-state index contributed by atoms with van der Waals surface area (Å²) in [5.74, 6) is -0.183. The molecular formula is C13H13ClN2O2S2. The summed E-state index contributed by atoms with van der Waals surface area (Å²) in [7, 11) is 0. The Bertz CT molecular complexity index is 621. The minimum absolute atomic E-state index is 0.0503. The van der Waals surface area contributed by atoms with Crippen molar-refractivity contribution in [2.75, 3.05) is 0 Å². The Kier molecular flexibility index (Phi) is 5.28. The Morgan fingerprint density at radius 2 is 2.10 bits per heavy atom. The molecule has 0 spiro atoms. The van der Waals surface area contributed by atoms with E-state index in [1.807, 2.05) is 6.92 Å². The van der Waals surface area contributed by atoms with Crippen molar-refractivity contribution in [1.29, 1.82) is 0 Å². The predicted molar refractivity (Wildman–Crippen MR) is 81.6 cm³/mol. The van der Waals surface area contributed by atoms with Crippen LogP contribution in [0.2, 0.25) is 4.34 Å². The summed E-state index contributed by atoms with van der Waals surface area (Å²) in [6.07, 6.45) is 2.13. The number of thiazole rings is 1. The van der Waals surface area contributed by atoms with Gasteiger partial charge in [-0.2, -0.15) is 0 Å². The molecule has 20 heavy (non-hydrogen) atoms. The van der Waals surface area contributed by atoms with Crippen molar-refractivity contribution in [3.63, 3.8) is 0 Å². The molecule has 106 valence electrons. The molecule has 0 aliphatic heterocycles. The van der Waals surface area contributed by atoms with E-state index in [1.165, 1.54) is 11.3 Å². The van der Waals surface area contributed by atoms with Gasteiger partial charge in [0.2, 0.25) is 5.91 Å². The summed E-state index contributed by atoms with van der Waals surface area (Å²) in [6.45, 7) is 2.38. The van der Waals surface area contributed by atoms with E-state index in [0.717, 1.165) is 9.88 Å². The van der Waals surface area contributed by atoms with Crippen LogP contribution < -0.4 is 5.32 Å².